The van der Waals surface area contributed by atoms with Crippen molar-refractivity contribution >= 4 is 29.0 Å². The van der Waals surface area contributed by atoms with Gasteiger partial charge in [-0.05, 0) is 74.1 Å². The Hall–Kier alpha value is -4.17. The molecule has 3 heterocycles. The second kappa shape index (κ2) is 9.47. The van der Waals surface area contributed by atoms with E-state index in [-0.39, 0.29) is 17.6 Å². The second-order valence-corrected chi connectivity index (χ2v) is 9.04. The number of benzene rings is 2. The number of anilines is 1. The molecule has 0 radical (unpaired) electrons. The standard InChI is InChI=1S/C28H26N4O3S/c1-17-16-20(18(2)31(17)22-12-5-4-10-19(22)27(33)34)26-25(21-11-8-9-15-29-21)30-28(36)32(26)23-13-6-7-14-24(23)35-3/h4-16,25-26H,1-3H3,(H,30,36)(H,33,34)/t25-,26-/m1/s1. The number of carboxylic acids is 1. The average molecular weight is 499 g/mol. The summed E-state index contributed by atoms with van der Waals surface area (Å²) in [4.78, 5) is 18.7. The largest absolute Gasteiger partial charge is 0.495 e. The molecule has 1 aliphatic heterocycles. The van der Waals surface area contributed by atoms with Gasteiger partial charge in [0.25, 0.3) is 0 Å². The number of aryl methyl sites for hydroxylation is 1. The number of hydrogen-bond donors (Lipinski definition) is 2. The van der Waals surface area contributed by atoms with Gasteiger partial charge in [-0.3, -0.25) is 4.98 Å². The monoisotopic (exact) mass is 498 g/mol. The van der Waals surface area contributed by atoms with Crippen molar-refractivity contribution in [3.05, 3.63) is 107 Å². The Balaban J connectivity index is 1.73. The van der Waals surface area contributed by atoms with E-state index >= 15 is 0 Å². The second-order valence-electron chi connectivity index (χ2n) is 8.65. The number of carboxylic acid groups (broad SMARTS) is 1. The van der Waals surface area contributed by atoms with Crippen LogP contribution in [0.25, 0.3) is 5.69 Å². The zero-order valence-corrected chi connectivity index (χ0v) is 21.0. The van der Waals surface area contributed by atoms with Crippen LogP contribution in [0.15, 0.2) is 79.0 Å². The Morgan fingerprint density at radius 1 is 1.03 bits per heavy atom. The Morgan fingerprint density at radius 3 is 2.42 bits per heavy atom. The number of thiocarbonyl (C=S) groups is 1. The van der Waals surface area contributed by atoms with Gasteiger partial charge in [-0.15, -0.1) is 0 Å². The third kappa shape index (κ3) is 3.89. The summed E-state index contributed by atoms with van der Waals surface area (Å²) >= 11 is 5.86. The van der Waals surface area contributed by atoms with E-state index in [1.54, 1.807) is 25.4 Å². The van der Waals surface area contributed by atoms with E-state index in [9.17, 15) is 9.90 Å². The summed E-state index contributed by atoms with van der Waals surface area (Å²) in [6.45, 7) is 4.00. The number of hydrogen-bond acceptors (Lipinski definition) is 4. The average Bonchev–Trinajstić information content (AvgIpc) is 3.39. The maximum atomic E-state index is 12.0. The Kier molecular flexibility index (Phi) is 6.20. The smallest absolute Gasteiger partial charge is 0.337 e. The molecule has 1 fully saturated rings. The van der Waals surface area contributed by atoms with Crippen LogP contribution in [0.1, 0.15) is 45.1 Å². The molecule has 0 aliphatic carbocycles. The lowest BCUT2D eigenvalue weighted by atomic mass is 9.96. The summed E-state index contributed by atoms with van der Waals surface area (Å²) in [5, 5.41) is 13.9. The molecule has 0 saturated carbocycles. The Morgan fingerprint density at radius 2 is 1.72 bits per heavy atom. The molecule has 2 aromatic carbocycles. The fourth-order valence-electron chi connectivity index (χ4n) is 5.07. The van der Waals surface area contributed by atoms with E-state index in [0.29, 0.717) is 16.5 Å². The molecule has 36 heavy (non-hydrogen) atoms. The van der Waals surface area contributed by atoms with Gasteiger partial charge < -0.3 is 24.6 Å². The fraction of sp³-hybridized carbons (Fsp3) is 0.179. The molecule has 8 heteroatoms. The summed E-state index contributed by atoms with van der Waals surface area (Å²) in [5.74, 6) is -0.260. The van der Waals surface area contributed by atoms with Crippen LogP contribution >= 0.6 is 12.2 Å². The van der Waals surface area contributed by atoms with Crippen LogP contribution in [0.5, 0.6) is 5.75 Å². The topological polar surface area (TPSA) is 79.6 Å². The predicted molar refractivity (Wildman–Crippen MR) is 143 cm³/mol. The highest BCUT2D eigenvalue weighted by Gasteiger charge is 2.43. The summed E-state index contributed by atoms with van der Waals surface area (Å²) in [6.07, 6.45) is 1.77. The lowest BCUT2D eigenvalue weighted by molar-refractivity contribution is 0.0697. The fourth-order valence-corrected chi connectivity index (χ4v) is 5.41. The van der Waals surface area contributed by atoms with Crippen LogP contribution in [-0.2, 0) is 0 Å². The quantitative estimate of drug-likeness (QED) is 0.346. The maximum Gasteiger partial charge on any atom is 0.337 e. The number of nitrogens with zero attached hydrogens (tertiary/aromatic N) is 3. The summed E-state index contributed by atoms with van der Waals surface area (Å²) in [7, 11) is 1.64. The minimum Gasteiger partial charge on any atom is -0.495 e. The van der Waals surface area contributed by atoms with Crippen LogP contribution in [0.4, 0.5) is 5.69 Å². The normalized spacial score (nSPS) is 17.2. The molecule has 1 aliphatic rings. The first-order valence-corrected chi connectivity index (χ1v) is 12.0. The van der Waals surface area contributed by atoms with Crippen molar-refractivity contribution in [2.45, 2.75) is 25.9 Å². The van der Waals surface area contributed by atoms with Gasteiger partial charge in [-0.2, -0.15) is 0 Å². The summed E-state index contributed by atoms with van der Waals surface area (Å²) in [6, 6.07) is 22.3. The molecule has 2 aromatic heterocycles. The molecule has 7 nitrogen and oxygen atoms in total. The van der Waals surface area contributed by atoms with Gasteiger partial charge in [0.2, 0.25) is 0 Å². The Bertz CT molecular complexity index is 1450. The molecular weight excluding hydrogens is 472 g/mol. The van der Waals surface area contributed by atoms with Crippen LogP contribution < -0.4 is 15.0 Å². The molecule has 0 unspecified atom stereocenters. The van der Waals surface area contributed by atoms with Gasteiger partial charge in [0.15, 0.2) is 5.11 Å². The molecule has 2 atom stereocenters. The van der Waals surface area contributed by atoms with Gasteiger partial charge >= 0.3 is 5.97 Å². The zero-order valence-electron chi connectivity index (χ0n) is 20.2. The minimum atomic E-state index is -0.967. The SMILES string of the molecule is COc1ccccc1N1C(=S)N[C@H](c2ccccn2)[C@H]1c1cc(C)n(-c2ccccc2C(=O)O)c1C. The molecule has 0 spiro atoms. The summed E-state index contributed by atoms with van der Waals surface area (Å²) < 4.78 is 7.68. The first kappa shape index (κ1) is 23.6. The van der Waals surface area contributed by atoms with Crippen LogP contribution in [0, 0.1) is 13.8 Å². The molecule has 4 aromatic rings. The molecule has 5 rings (SSSR count). The van der Waals surface area contributed by atoms with E-state index in [2.05, 4.69) is 21.3 Å². The number of aromatic carboxylic acids is 1. The highest BCUT2D eigenvalue weighted by molar-refractivity contribution is 7.80. The molecular formula is C28H26N4O3S. The van der Waals surface area contributed by atoms with Crippen molar-refractivity contribution in [1.29, 1.82) is 0 Å². The van der Waals surface area contributed by atoms with Gasteiger partial charge in [0.05, 0.1) is 41.8 Å². The molecule has 2 N–H and O–H groups in total. The lowest BCUT2D eigenvalue weighted by Crippen LogP contribution is -2.30. The van der Waals surface area contributed by atoms with Crippen molar-refractivity contribution < 1.29 is 14.6 Å². The van der Waals surface area contributed by atoms with Gasteiger partial charge in [0.1, 0.15) is 5.75 Å². The number of ether oxygens (including phenoxy) is 1. The Labute approximate surface area is 215 Å². The highest BCUT2D eigenvalue weighted by atomic mass is 32.1. The number of methoxy groups -OCH3 is 1. The predicted octanol–water partition coefficient (Wildman–Crippen LogP) is 5.37. The van der Waals surface area contributed by atoms with Crippen molar-refractivity contribution in [3.63, 3.8) is 0 Å². The van der Waals surface area contributed by atoms with Crippen molar-refractivity contribution in [1.82, 2.24) is 14.9 Å². The first-order valence-electron chi connectivity index (χ1n) is 11.6. The van der Waals surface area contributed by atoms with E-state index < -0.39 is 5.97 Å². The summed E-state index contributed by atoms with van der Waals surface area (Å²) in [5.41, 5.74) is 5.44. The highest BCUT2D eigenvalue weighted by Crippen LogP contribution is 2.46. The van der Waals surface area contributed by atoms with Gasteiger partial charge in [0, 0.05) is 17.6 Å². The van der Waals surface area contributed by atoms with Gasteiger partial charge in [-0.25, -0.2) is 4.79 Å². The number of carbonyl (C=O) groups is 1. The van der Waals surface area contributed by atoms with Crippen molar-refractivity contribution in [3.8, 4) is 11.4 Å². The third-order valence-electron chi connectivity index (χ3n) is 6.61. The maximum absolute atomic E-state index is 12.0. The van der Waals surface area contributed by atoms with Crippen molar-refractivity contribution in [2.75, 3.05) is 12.0 Å². The van der Waals surface area contributed by atoms with E-state index in [1.165, 1.54) is 0 Å². The lowest BCUT2D eigenvalue weighted by Gasteiger charge is -2.29. The van der Waals surface area contributed by atoms with Crippen molar-refractivity contribution in [2.24, 2.45) is 0 Å². The zero-order chi connectivity index (χ0) is 25.4. The van der Waals surface area contributed by atoms with Crippen LogP contribution in [0.3, 0.4) is 0 Å². The van der Waals surface area contributed by atoms with E-state index in [4.69, 9.17) is 17.0 Å². The third-order valence-corrected chi connectivity index (χ3v) is 6.92. The number of aromatic nitrogens is 2. The molecule has 1 saturated heterocycles. The molecule has 182 valence electrons. The molecule has 0 bridgehead atoms. The molecule has 0 amide bonds. The number of rotatable bonds is 6. The number of para-hydroxylation sites is 3. The van der Waals surface area contributed by atoms with Gasteiger partial charge in [-0.1, -0.05) is 30.3 Å². The van der Waals surface area contributed by atoms with E-state index in [0.717, 1.165) is 28.3 Å². The van der Waals surface area contributed by atoms with Crippen LogP contribution in [0.2, 0.25) is 0 Å². The van der Waals surface area contributed by atoms with E-state index in [1.807, 2.05) is 73.0 Å². The number of pyridine rings is 1. The first-order chi connectivity index (χ1) is 17.4. The van der Waals surface area contributed by atoms with Crippen LogP contribution in [-0.4, -0.2) is 32.8 Å². The number of nitrogens with one attached hydrogen (secondary N) is 1. The minimum absolute atomic E-state index is 0.229.